The van der Waals surface area contributed by atoms with Crippen molar-refractivity contribution in [1.29, 1.82) is 0 Å². The van der Waals surface area contributed by atoms with E-state index in [9.17, 15) is 10.1 Å². The molecule has 1 aromatic heterocycles. The molecule has 2 aromatic rings. The zero-order chi connectivity index (χ0) is 13.1. The number of benzene rings is 1. The summed E-state index contributed by atoms with van der Waals surface area (Å²) in [6, 6.07) is 8.83. The van der Waals surface area contributed by atoms with Crippen molar-refractivity contribution in [1.82, 2.24) is 4.98 Å². The molecule has 0 aliphatic rings. The first-order valence-electron chi connectivity index (χ1n) is 5.52. The van der Waals surface area contributed by atoms with Crippen molar-refractivity contribution in [3.05, 3.63) is 57.8 Å². The molecule has 2 rings (SSSR count). The van der Waals surface area contributed by atoms with Crippen LogP contribution in [-0.2, 0) is 0 Å². The van der Waals surface area contributed by atoms with E-state index in [1.54, 1.807) is 6.07 Å². The summed E-state index contributed by atoms with van der Waals surface area (Å²) in [5.74, 6) is 0.264. The number of nitrogens with one attached hydrogen (secondary N) is 1. The van der Waals surface area contributed by atoms with E-state index in [2.05, 4.69) is 10.3 Å². The van der Waals surface area contributed by atoms with Gasteiger partial charge in [0.05, 0.1) is 4.92 Å². The maximum Gasteiger partial charge on any atom is 0.311 e. The molecule has 18 heavy (non-hydrogen) atoms. The number of hydrogen-bond donors (Lipinski definition) is 1. The number of nitro groups is 1. The number of aryl methyl sites for hydroxylation is 2. The maximum absolute atomic E-state index is 10.9. The van der Waals surface area contributed by atoms with Crippen LogP contribution in [0.15, 0.2) is 36.5 Å². The summed E-state index contributed by atoms with van der Waals surface area (Å²) in [4.78, 5) is 14.5. The molecule has 0 fully saturated rings. The molecule has 5 heteroatoms. The van der Waals surface area contributed by atoms with Gasteiger partial charge in [0.1, 0.15) is 0 Å². The minimum atomic E-state index is -0.442. The Hall–Kier alpha value is -2.43. The van der Waals surface area contributed by atoms with Gasteiger partial charge in [-0.05, 0) is 31.0 Å². The Labute approximate surface area is 105 Å². The topological polar surface area (TPSA) is 68.1 Å². The van der Waals surface area contributed by atoms with Crippen LogP contribution in [0.2, 0.25) is 0 Å². The summed E-state index contributed by atoms with van der Waals surface area (Å²) in [6.07, 6.45) is 1.53. The van der Waals surface area contributed by atoms with E-state index in [0.717, 1.165) is 16.8 Å². The van der Waals surface area contributed by atoms with Crippen LogP contribution in [0.25, 0.3) is 0 Å². The van der Waals surface area contributed by atoms with Crippen LogP contribution < -0.4 is 5.32 Å². The fourth-order valence-electron chi connectivity index (χ4n) is 1.77. The second-order valence-electron chi connectivity index (χ2n) is 4.02. The van der Waals surface area contributed by atoms with Gasteiger partial charge in [-0.3, -0.25) is 10.1 Å². The molecule has 1 N–H and O–H groups in total. The summed E-state index contributed by atoms with van der Waals surface area (Å²) in [5.41, 5.74) is 2.88. The Kier molecular flexibility index (Phi) is 3.23. The third kappa shape index (κ3) is 2.29. The number of para-hydroxylation sites is 1. The van der Waals surface area contributed by atoms with Gasteiger partial charge in [0, 0.05) is 18.0 Å². The number of aromatic nitrogens is 1. The average molecular weight is 243 g/mol. The number of hydrogen-bond acceptors (Lipinski definition) is 4. The van der Waals surface area contributed by atoms with E-state index in [4.69, 9.17) is 0 Å². The molecular weight excluding hydrogens is 230 g/mol. The average Bonchev–Trinajstić information content (AvgIpc) is 2.34. The zero-order valence-electron chi connectivity index (χ0n) is 10.2. The zero-order valence-corrected chi connectivity index (χ0v) is 10.2. The molecule has 0 spiro atoms. The molecule has 0 bridgehead atoms. The Morgan fingerprint density at radius 3 is 2.44 bits per heavy atom. The van der Waals surface area contributed by atoms with Crippen LogP contribution in [0.5, 0.6) is 0 Å². The van der Waals surface area contributed by atoms with Crippen molar-refractivity contribution in [3.8, 4) is 0 Å². The van der Waals surface area contributed by atoms with Gasteiger partial charge >= 0.3 is 5.69 Å². The van der Waals surface area contributed by atoms with Gasteiger partial charge in [0.25, 0.3) is 0 Å². The summed E-state index contributed by atoms with van der Waals surface area (Å²) in [6.45, 7) is 3.90. The summed E-state index contributed by atoms with van der Waals surface area (Å²) in [7, 11) is 0. The molecule has 0 aliphatic carbocycles. The third-order valence-electron chi connectivity index (χ3n) is 2.71. The van der Waals surface area contributed by atoms with Crippen LogP contribution >= 0.6 is 0 Å². The van der Waals surface area contributed by atoms with Crippen molar-refractivity contribution < 1.29 is 4.92 Å². The van der Waals surface area contributed by atoms with Crippen molar-refractivity contribution in [2.45, 2.75) is 13.8 Å². The Morgan fingerprint density at radius 2 is 1.83 bits per heavy atom. The lowest BCUT2D eigenvalue weighted by Gasteiger charge is -2.11. The lowest BCUT2D eigenvalue weighted by Crippen LogP contribution is -2.01. The van der Waals surface area contributed by atoms with Gasteiger partial charge in [-0.2, -0.15) is 0 Å². The molecule has 1 heterocycles. The second-order valence-corrected chi connectivity index (χ2v) is 4.02. The molecule has 0 radical (unpaired) electrons. The van der Waals surface area contributed by atoms with Crippen LogP contribution in [0.4, 0.5) is 17.2 Å². The van der Waals surface area contributed by atoms with Gasteiger partial charge in [-0.1, -0.05) is 18.2 Å². The van der Waals surface area contributed by atoms with Gasteiger partial charge in [-0.15, -0.1) is 0 Å². The fraction of sp³-hybridized carbons (Fsp3) is 0.154. The predicted molar refractivity (Wildman–Crippen MR) is 70.1 cm³/mol. The third-order valence-corrected chi connectivity index (χ3v) is 2.71. The van der Waals surface area contributed by atoms with Gasteiger partial charge in [-0.25, -0.2) is 4.98 Å². The second kappa shape index (κ2) is 4.83. The van der Waals surface area contributed by atoms with E-state index in [1.807, 2.05) is 32.0 Å². The van der Waals surface area contributed by atoms with E-state index < -0.39 is 4.92 Å². The highest BCUT2D eigenvalue weighted by molar-refractivity contribution is 5.69. The van der Waals surface area contributed by atoms with Crippen LogP contribution in [0.1, 0.15) is 11.1 Å². The molecule has 0 aliphatic heterocycles. The SMILES string of the molecule is Cc1cccc(C)c1Nc1ncccc1[N+](=O)[O-]. The lowest BCUT2D eigenvalue weighted by molar-refractivity contribution is -0.384. The molecule has 5 nitrogen and oxygen atoms in total. The molecule has 0 saturated carbocycles. The molecule has 1 aromatic carbocycles. The fourth-order valence-corrected chi connectivity index (χ4v) is 1.77. The Balaban J connectivity index is 2.43. The highest BCUT2D eigenvalue weighted by Gasteiger charge is 2.15. The van der Waals surface area contributed by atoms with Crippen LogP contribution in [0.3, 0.4) is 0 Å². The van der Waals surface area contributed by atoms with E-state index in [1.165, 1.54) is 12.3 Å². The number of nitrogens with zero attached hydrogens (tertiary/aromatic N) is 2. The highest BCUT2D eigenvalue weighted by atomic mass is 16.6. The standard InChI is InChI=1S/C13H13N3O2/c1-9-5-3-6-10(2)12(9)15-13-11(16(17)18)7-4-8-14-13/h3-8H,1-2H3,(H,14,15). The Bertz CT molecular complexity index is 576. The Morgan fingerprint density at radius 1 is 1.17 bits per heavy atom. The smallest absolute Gasteiger partial charge is 0.311 e. The molecule has 0 saturated heterocycles. The maximum atomic E-state index is 10.9. The molecular formula is C13H13N3O2. The molecule has 0 amide bonds. The van der Waals surface area contributed by atoms with E-state index >= 15 is 0 Å². The molecule has 0 unspecified atom stereocenters. The van der Waals surface area contributed by atoms with E-state index in [-0.39, 0.29) is 11.5 Å². The van der Waals surface area contributed by atoms with Gasteiger partial charge < -0.3 is 5.32 Å². The van der Waals surface area contributed by atoms with Gasteiger partial charge in [0.15, 0.2) is 0 Å². The normalized spacial score (nSPS) is 10.1. The minimum absolute atomic E-state index is 0.0276. The van der Waals surface area contributed by atoms with Crippen molar-refractivity contribution in [2.24, 2.45) is 0 Å². The van der Waals surface area contributed by atoms with Gasteiger partial charge in [0.2, 0.25) is 5.82 Å². The van der Waals surface area contributed by atoms with Crippen molar-refractivity contribution in [2.75, 3.05) is 5.32 Å². The van der Waals surface area contributed by atoms with Crippen molar-refractivity contribution >= 4 is 17.2 Å². The predicted octanol–water partition coefficient (Wildman–Crippen LogP) is 3.35. The lowest BCUT2D eigenvalue weighted by atomic mass is 10.1. The number of anilines is 2. The summed E-state index contributed by atoms with van der Waals surface area (Å²) in [5, 5.41) is 13.9. The van der Waals surface area contributed by atoms with E-state index in [0.29, 0.717) is 0 Å². The summed E-state index contributed by atoms with van der Waals surface area (Å²) < 4.78 is 0. The first-order chi connectivity index (χ1) is 8.59. The summed E-state index contributed by atoms with van der Waals surface area (Å²) >= 11 is 0. The molecule has 0 atom stereocenters. The molecule has 92 valence electrons. The van der Waals surface area contributed by atoms with Crippen LogP contribution in [-0.4, -0.2) is 9.91 Å². The number of rotatable bonds is 3. The monoisotopic (exact) mass is 243 g/mol. The minimum Gasteiger partial charge on any atom is -0.334 e. The number of pyridine rings is 1. The quantitative estimate of drug-likeness (QED) is 0.663. The largest absolute Gasteiger partial charge is 0.334 e. The highest BCUT2D eigenvalue weighted by Crippen LogP contribution is 2.28. The first-order valence-corrected chi connectivity index (χ1v) is 5.52. The van der Waals surface area contributed by atoms with Crippen molar-refractivity contribution in [3.63, 3.8) is 0 Å². The van der Waals surface area contributed by atoms with Crippen LogP contribution in [0, 0.1) is 24.0 Å². The first kappa shape index (κ1) is 12.0.